The zero-order valence-electron chi connectivity index (χ0n) is 52.9. The van der Waals surface area contributed by atoms with E-state index in [1.54, 1.807) is 0 Å². The van der Waals surface area contributed by atoms with Crippen LogP contribution in [-0.2, 0) is 0 Å². The van der Waals surface area contributed by atoms with Crippen LogP contribution < -0.4 is 0 Å². The fourth-order valence-corrected chi connectivity index (χ4v) is 16.0. The van der Waals surface area contributed by atoms with Crippen LogP contribution in [0.1, 0.15) is 0 Å². The highest BCUT2D eigenvalue weighted by molar-refractivity contribution is 7.26. The molecule has 0 aliphatic carbocycles. The van der Waals surface area contributed by atoms with Gasteiger partial charge in [-0.3, -0.25) is 0 Å². The molecule has 456 valence electrons. The standard InChI is InChI=1S/C46H28N2O.C46H28N2S/c2*1-3-13-29(14-4-1)41-28-42(30-15-5-2-6-16-30)48-46(47-41)39-26-25-32(44-38-21-11-12-22-43(38)49-45(39)44)31-23-24-37-35-19-8-7-17-33(35)34-18-9-10-20-36(34)40(37)27-31/h2*1-28H. The van der Waals surface area contributed by atoms with E-state index in [2.05, 4.69) is 279 Å². The molecule has 0 spiro atoms. The minimum Gasteiger partial charge on any atom is -0.455 e. The predicted molar refractivity (Wildman–Crippen MR) is 413 cm³/mol. The Hall–Kier alpha value is -12.7. The quantitative estimate of drug-likeness (QED) is 0.142. The summed E-state index contributed by atoms with van der Waals surface area (Å²) < 4.78 is 9.18. The number of thiophene rings is 1. The molecule has 0 bridgehead atoms. The molecule has 0 aliphatic rings. The first kappa shape index (κ1) is 56.8. The molecule has 0 aliphatic heterocycles. The highest BCUT2D eigenvalue weighted by atomic mass is 32.1. The van der Waals surface area contributed by atoms with Crippen LogP contribution in [-0.4, -0.2) is 19.9 Å². The molecule has 0 atom stereocenters. The first-order chi connectivity index (χ1) is 48.6. The molecule has 0 saturated carbocycles. The first-order valence-electron chi connectivity index (χ1n) is 33.2. The number of fused-ring (bicyclic) bond motifs is 18. The van der Waals surface area contributed by atoms with Gasteiger partial charge in [0, 0.05) is 58.8 Å². The van der Waals surface area contributed by atoms with Crippen LogP contribution in [0.5, 0.6) is 0 Å². The second kappa shape index (κ2) is 23.6. The smallest absolute Gasteiger partial charge is 0.164 e. The molecule has 6 heteroatoms. The van der Waals surface area contributed by atoms with Crippen molar-refractivity contribution in [2.24, 2.45) is 0 Å². The number of para-hydroxylation sites is 1. The molecular weight excluding hydrogens is 1210 g/mol. The van der Waals surface area contributed by atoms with E-state index >= 15 is 0 Å². The molecule has 0 N–H and O–H groups in total. The van der Waals surface area contributed by atoms with Crippen molar-refractivity contribution in [3.8, 4) is 90.1 Å². The van der Waals surface area contributed by atoms with Crippen molar-refractivity contribution in [3.05, 3.63) is 340 Å². The SMILES string of the molecule is c1ccc(-c2cc(-c3ccccc3)nc(-c3ccc(-c4ccc5c6ccccc6c6ccccc6c5c4)c4c3oc3ccccc34)n2)cc1.c1ccc(-c2cc(-c3ccccc3)nc(-c3ccc(-c4ccc5c6ccccc6c6ccccc6c5c4)c4c3sc3ccccc34)n2)cc1. The number of aromatic nitrogens is 4. The summed E-state index contributed by atoms with van der Waals surface area (Å²) in [4.78, 5) is 20.8. The summed E-state index contributed by atoms with van der Waals surface area (Å²) in [5.74, 6) is 1.37. The van der Waals surface area contributed by atoms with E-state index in [4.69, 9.17) is 24.4 Å². The average Bonchev–Trinajstić information content (AvgIpc) is 1.52. The Morgan fingerprint density at radius 1 is 0.214 bits per heavy atom. The summed E-state index contributed by atoms with van der Waals surface area (Å²) in [5, 5.41) is 19.9. The highest BCUT2D eigenvalue weighted by Crippen LogP contribution is 2.48. The van der Waals surface area contributed by atoms with E-state index in [0.717, 1.165) is 95.0 Å². The van der Waals surface area contributed by atoms with Crippen molar-refractivity contribution < 1.29 is 4.42 Å². The Bertz CT molecular complexity index is 5960. The van der Waals surface area contributed by atoms with Crippen molar-refractivity contribution >= 4 is 118 Å². The van der Waals surface area contributed by atoms with E-state index in [1.807, 2.05) is 72.0 Å². The maximum Gasteiger partial charge on any atom is 0.164 e. The van der Waals surface area contributed by atoms with Gasteiger partial charge in [-0.05, 0) is 135 Å². The van der Waals surface area contributed by atoms with Crippen LogP contribution in [0, 0.1) is 0 Å². The monoisotopic (exact) mass is 1260 g/mol. The van der Waals surface area contributed by atoms with Gasteiger partial charge in [-0.15, -0.1) is 11.3 Å². The lowest BCUT2D eigenvalue weighted by Gasteiger charge is -2.14. The summed E-state index contributed by atoms with van der Waals surface area (Å²) in [7, 11) is 0. The highest BCUT2D eigenvalue weighted by Gasteiger charge is 2.23. The second-order valence-corrected chi connectivity index (χ2v) is 26.1. The third-order valence-electron chi connectivity index (χ3n) is 19.4. The van der Waals surface area contributed by atoms with Gasteiger partial charge in [0.2, 0.25) is 0 Å². The fourth-order valence-electron chi connectivity index (χ4n) is 14.8. The van der Waals surface area contributed by atoms with Crippen LogP contribution in [0.4, 0.5) is 0 Å². The Morgan fingerprint density at radius 3 is 0.959 bits per heavy atom. The number of nitrogens with zero attached hydrogens (tertiary/aromatic N) is 4. The summed E-state index contributed by atoms with van der Waals surface area (Å²) in [6.45, 7) is 0. The van der Waals surface area contributed by atoms with Crippen LogP contribution in [0.25, 0.3) is 197 Å². The maximum atomic E-state index is 6.73. The van der Waals surface area contributed by atoms with Gasteiger partial charge < -0.3 is 4.42 Å². The van der Waals surface area contributed by atoms with Gasteiger partial charge in [-0.2, -0.15) is 0 Å². The van der Waals surface area contributed by atoms with Crippen molar-refractivity contribution in [1.29, 1.82) is 0 Å². The average molecular weight is 1270 g/mol. The molecule has 4 heterocycles. The normalized spacial score (nSPS) is 11.7. The molecule has 20 rings (SSSR count). The number of benzene rings is 16. The van der Waals surface area contributed by atoms with Crippen molar-refractivity contribution in [1.82, 2.24) is 19.9 Å². The molecule has 0 radical (unpaired) electrons. The van der Waals surface area contributed by atoms with Crippen LogP contribution in [0.3, 0.4) is 0 Å². The van der Waals surface area contributed by atoms with E-state index in [9.17, 15) is 0 Å². The number of hydrogen-bond donors (Lipinski definition) is 0. The van der Waals surface area contributed by atoms with Gasteiger partial charge in [0.1, 0.15) is 11.2 Å². The van der Waals surface area contributed by atoms with E-state index in [-0.39, 0.29) is 0 Å². The number of hydrogen-bond acceptors (Lipinski definition) is 6. The first-order valence-corrected chi connectivity index (χ1v) is 34.0. The molecule has 5 nitrogen and oxygen atoms in total. The van der Waals surface area contributed by atoms with Crippen LogP contribution in [0.15, 0.2) is 344 Å². The zero-order chi connectivity index (χ0) is 64.6. The van der Waals surface area contributed by atoms with E-state index in [1.165, 1.54) is 95.9 Å². The van der Waals surface area contributed by atoms with Gasteiger partial charge in [0.05, 0.1) is 28.3 Å². The molecule has 0 amide bonds. The Morgan fingerprint density at radius 2 is 0.531 bits per heavy atom. The molecule has 20 aromatic rings. The molecule has 4 aromatic heterocycles. The van der Waals surface area contributed by atoms with Gasteiger partial charge in [-0.1, -0.05) is 291 Å². The third kappa shape index (κ3) is 9.68. The van der Waals surface area contributed by atoms with Crippen molar-refractivity contribution in [2.75, 3.05) is 0 Å². The lowest BCUT2D eigenvalue weighted by atomic mass is 9.90. The van der Waals surface area contributed by atoms with Crippen molar-refractivity contribution in [3.63, 3.8) is 0 Å². The third-order valence-corrected chi connectivity index (χ3v) is 20.6. The molecule has 16 aromatic carbocycles. The predicted octanol–water partition coefficient (Wildman–Crippen LogP) is 25.5. The molecular formula is C92H56N4OS. The Labute approximate surface area is 568 Å². The Balaban J connectivity index is 0.000000137. The minimum absolute atomic E-state index is 0.631. The molecule has 0 saturated heterocycles. The summed E-state index contributed by atoms with van der Waals surface area (Å²) in [6.07, 6.45) is 0. The van der Waals surface area contributed by atoms with Gasteiger partial charge in [0.25, 0.3) is 0 Å². The number of rotatable bonds is 8. The summed E-state index contributed by atoms with van der Waals surface area (Å²) in [5.41, 5.74) is 16.0. The van der Waals surface area contributed by atoms with Crippen molar-refractivity contribution in [2.45, 2.75) is 0 Å². The lowest BCUT2D eigenvalue weighted by molar-refractivity contribution is 0.669. The minimum atomic E-state index is 0.631. The topological polar surface area (TPSA) is 64.7 Å². The van der Waals surface area contributed by atoms with Gasteiger partial charge >= 0.3 is 0 Å². The van der Waals surface area contributed by atoms with E-state index < -0.39 is 0 Å². The second-order valence-electron chi connectivity index (χ2n) is 25.0. The summed E-state index contributed by atoms with van der Waals surface area (Å²) in [6, 6.07) is 120. The van der Waals surface area contributed by atoms with E-state index in [0.29, 0.717) is 5.82 Å². The lowest BCUT2D eigenvalue weighted by Crippen LogP contribution is -1.96. The molecule has 0 unspecified atom stereocenters. The summed E-state index contributed by atoms with van der Waals surface area (Å²) >= 11 is 1.82. The fraction of sp³-hybridized carbons (Fsp3) is 0. The number of furan rings is 1. The largest absolute Gasteiger partial charge is 0.455 e. The zero-order valence-corrected chi connectivity index (χ0v) is 53.8. The van der Waals surface area contributed by atoms with Crippen LogP contribution >= 0.6 is 11.3 Å². The Kier molecular flexibility index (Phi) is 13.7. The maximum absolute atomic E-state index is 6.73. The molecule has 98 heavy (non-hydrogen) atoms. The van der Waals surface area contributed by atoms with Gasteiger partial charge in [-0.25, -0.2) is 19.9 Å². The van der Waals surface area contributed by atoms with Gasteiger partial charge in [0.15, 0.2) is 11.6 Å². The molecule has 0 fully saturated rings. The van der Waals surface area contributed by atoms with Crippen LogP contribution in [0.2, 0.25) is 0 Å².